The molecule has 1 heterocycles. The molecule has 0 spiro atoms. The summed E-state index contributed by atoms with van der Waals surface area (Å²) in [5.74, 6) is 0. The second kappa shape index (κ2) is 7.64. The van der Waals surface area contributed by atoms with Gasteiger partial charge in [0.1, 0.15) is 0 Å². The molecule has 0 aliphatic carbocycles. The van der Waals surface area contributed by atoms with Gasteiger partial charge in [-0.2, -0.15) is 13.2 Å². The molecule has 6 nitrogen and oxygen atoms in total. The van der Waals surface area contributed by atoms with Crippen LogP contribution in [0.4, 0.5) is 18.9 Å². The maximum atomic E-state index is 12.7. The number of hydrogen-bond donors (Lipinski definition) is 3. The zero-order chi connectivity index (χ0) is 20.4. The van der Waals surface area contributed by atoms with Crippen LogP contribution in [-0.4, -0.2) is 25.4 Å². The fraction of sp³-hybridized carbons (Fsp3) is 0.167. The number of hydrogen-bond acceptors (Lipinski definition) is 4. The fourth-order valence-electron chi connectivity index (χ4n) is 2.60. The Bertz CT molecular complexity index is 1050. The van der Waals surface area contributed by atoms with Crippen LogP contribution in [0.2, 0.25) is 0 Å². The first-order valence-corrected chi connectivity index (χ1v) is 9.65. The lowest BCUT2D eigenvalue weighted by Gasteiger charge is -2.14. The van der Waals surface area contributed by atoms with Crippen molar-refractivity contribution in [1.82, 2.24) is 14.7 Å². The first-order chi connectivity index (χ1) is 13.2. The Kier molecular flexibility index (Phi) is 5.43. The standard InChI is InChI=1S/C18H17F3N4O2S/c1-22-28(26,27)14-6-7-16(15(8-14)17-10-23-11-25-17)24-9-12-2-4-13(5-3-12)18(19,20)21/h2-8,10-11,22,24H,9H2,1H3,(H,23,25). The Morgan fingerprint density at radius 1 is 1.11 bits per heavy atom. The highest BCUT2D eigenvalue weighted by atomic mass is 32.2. The number of nitrogens with zero attached hydrogens (tertiary/aromatic N) is 1. The second-order valence-electron chi connectivity index (χ2n) is 5.93. The van der Waals surface area contributed by atoms with Crippen LogP contribution in [-0.2, 0) is 22.7 Å². The summed E-state index contributed by atoms with van der Waals surface area (Å²) in [6.45, 7) is 0.261. The first kappa shape index (κ1) is 19.9. The first-order valence-electron chi connectivity index (χ1n) is 8.17. The third-order valence-electron chi connectivity index (χ3n) is 4.12. The number of aromatic nitrogens is 2. The van der Waals surface area contributed by atoms with Crippen LogP contribution in [0, 0.1) is 0 Å². The van der Waals surface area contributed by atoms with Gasteiger partial charge in [0.05, 0.1) is 28.7 Å². The Morgan fingerprint density at radius 3 is 2.39 bits per heavy atom. The third-order valence-corrected chi connectivity index (χ3v) is 5.53. The van der Waals surface area contributed by atoms with E-state index in [1.807, 2.05) is 0 Å². The van der Waals surface area contributed by atoms with Crippen molar-refractivity contribution < 1.29 is 21.6 Å². The normalized spacial score (nSPS) is 12.1. The highest BCUT2D eigenvalue weighted by Gasteiger charge is 2.29. The molecule has 28 heavy (non-hydrogen) atoms. The number of imidazole rings is 1. The zero-order valence-electron chi connectivity index (χ0n) is 14.7. The molecule has 3 aromatic rings. The summed E-state index contributed by atoms with van der Waals surface area (Å²) in [7, 11) is -2.31. The maximum Gasteiger partial charge on any atom is 0.416 e. The average molecular weight is 410 g/mol. The smallest absolute Gasteiger partial charge is 0.380 e. The monoisotopic (exact) mass is 410 g/mol. The fourth-order valence-corrected chi connectivity index (χ4v) is 3.35. The molecule has 0 bridgehead atoms. The molecule has 0 amide bonds. The lowest BCUT2D eigenvalue weighted by Crippen LogP contribution is -2.18. The van der Waals surface area contributed by atoms with E-state index >= 15 is 0 Å². The van der Waals surface area contributed by atoms with E-state index in [0.29, 0.717) is 22.5 Å². The molecule has 3 N–H and O–H groups in total. The van der Waals surface area contributed by atoms with Gasteiger partial charge >= 0.3 is 6.18 Å². The van der Waals surface area contributed by atoms with Crippen LogP contribution in [0.1, 0.15) is 11.1 Å². The molecule has 10 heteroatoms. The van der Waals surface area contributed by atoms with E-state index in [2.05, 4.69) is 20.0 Å². The van der Waals surface area contributed by atoms with Crippen LogP contribution < -0.4 is 10.0 Å². The topological polar surface area (TPSA) is 86.9 Å². The summed E-state index contributed by atoms with van der Waals surface area (Å²) in [4.78, 5) is 6.95. The Hall–Kier alpha value is -2.85. The summed E-state index contributed by atoms with van der Waals surface area (Å²) < 4.78 is 64.4. The largest absolute Gasteiger partial charge is 0.416 e. The minimum atomic E-state index is -4.38. The SMILES string of the molecule is CNS(=O)(=O)c1ccc(NCc2ccc(C(F)(F)F)cc2)c(-c2cnc[nH]2)c1. The van der Waals surface area contributed by atoms with Gasteiger partial charge in [-0.3, -0.25) is 0 Å². The van der Waals surface area contributed by atoms with Gasteiger partial charge in [-0.15, -0.1) is 0 Å². The predicted molar refractivity (Wildman–Crippen MR) is 99.0 cm³/mol. The minimum absolute atomic E-state index is 0.0830. The summed E-state index contributed by atoms with van der Waals surface area (Å²) in [5.41, 5.74) is 1.72. The number of rotatable bonds is 6. The third kappa shape index (κ3) is 4.34. The van der Waals surface area contributed by atoms with Crippen molar-refractivity contribution >= 4 is 15.7 Å². The van der Waals surface area contributed by atoms with Gasteiger partial charge in [-0.05, 0) is 42.9 Å². The molecule has 2 aromatic carbocycles. The van der Waals surface area contributed by atoms with Crippen LogP contribution in [0.25, 0.3) is 11.3 Å². The van der Waals surface area contributed by atoms with E-state index in [4.69, 9.17) is 0 Å². The summed E-state index contributed by atoms with van der Waals surface area (Å²) >= 11 is 0. The van der Waals surface area contributed by atoms with Gasteiger partial charge in [0.2, 0.25) is 10.0 Å². The lowest BCUT2D eigenvalue weighted by molar-refractivity contribution is -0.137. The second-order valence-corrected chi connectivity index (χ2v) is 7.81. The van der Waals surface area contributed by atoms with Crippen molar-refractivity contribution in [2.45, 2.75) is 17.6 Å². The molecule has 0 fully saturated rings. The van der Waals surface area contributed by atoms with Gasteiger partial charge in [0, 0.05) is 17.8 Å². The van der Waals surface area contributed by atoms with Crippen molar-refractivity contribution in [3.8, 4) is 11.3 Å². The maximum absolute atomic E-state index is 12.7. The van der Waals surface area contributed by atoms with Crippen LogP contribution in [0.15, 0.2) is 59.9 Å². The van der Waals surface area contributed by atoms with Crippen molar-refractivity contribution in [3.05, 3.63) is 66.1 Å². The molecule has 0 aliphatic heterocycles. The number of sulfonamides is 1. The summed E-state index contributed by atoms with van der Waals surface area (Å²) in [6, 6.07) is 9.38. The molecule has 148 valence electrons. The van der Waals surface area contributed by atoms with E-state index in [-0.39, 0.29) is 11.4 Å². The molecule has 0 radical (unpaired) electrons. The number of aromatic amines is 1. The molecule has 0 aliphatic rings. The van der Waals surface area contributed by atoms with Crippen LogP contribution in [0.5, 0.6) is 0 Å². The molecule has 0 saturated heterocycles. The molecular formula is C18H17F3N4O2S. The van der Waals surface area contributed by atoms with Crippen molar-refractivity contribution in [3.63, 3.8) is 0 Å². The Balaban J connectivity index is 1.87. The number of H-pyrrole nitrogens is 1. The number of benzene rings is 2. The van der Waals surface area contributed by atoms with E-state index in [1.54, 1.807) is 12.3 Å². The summed E-state index contributed by atoms with van der Waals surface area (Å²) in [5, 5.41) is 3.13. The van der Waals surface area contributed by atoms with Gasteiger partial charge in [0.25, 0.3) is 0 Å². The van der Waals surface area contributed by atoms with E-state index in [0.717, 1.165) is 12.1 Å². The van der Waals surface area contributed by atoms with Crippen LogP contribution >= 0.6 is 0 Å². The van der Waals surface area contributed by atoms with Crippen LogP contribution in [0.3, 0.4) is 0 Å². The van der Waals surface area contributed by atoms with Crippen molar-refractivity contribution in [2.75, 3.05) is 12.4 Å². The number of halogens is 3. The highest BCUT2D eigenvalue weighted by molar-refractivity contribution is 7.89. The van der Waals surface area contributed by atoms with Gasteiger partial charge in [-0.1, -0.05) is 12.1 Å². The van der Waals surface area contributed by atoms with Crippen molar-refractivity contribution in [2.24, 2.45) is 0 Å². The highest BCUT2D eigenvalue weighted by Crippen LogP contribution is 2.31. The van der Waals surface area contributed by atoms with Gasteiger partial charge in [0.15, 0.2) is 0 Å². The van der Waals surface area contributed by atoms with E-state index < -0.39 is 21.8 Å². The number of anilines is 1. The number of nitrogens with one attached hydrogen (secondary N) is 3. The van der Waals surface area contributed by atoms with E-state index in [1.165, 1.54) is 37.6 Å². The zero-order valence-corrected chi connectivity index (χ0v) is 15.5. The number of alkyl halides is 3. The minimum Gasteiger partial charge on any atom is -0.380 e. The Labute approximate surface area is 159 Å². The molecule has 0 atom stereocenters. The van der Waals surface area contributed by atoms with Gasteiger partial charge < -0.3 is 10.3 Å². The molecule has 3 rings (SSSR count). The molecule has 0 unspecified atom stereocenters. The summed E-state index contributed by atoms with van der Waals surface area (Å²) in [6.07, 6.45) is -1.36. The molecule has 1 aromatic heterocycles. The average Bonchev–Trinajstić information content (AvgIpc) is 3.20. The predicted octanol–water partition coefficient (Wildman–Crippen LogP) is 3.62. The van der Waals surface area contributed by atoms with E-state index in [9.17, 15) is 21.6 Å². The molecular weight excluding hydrogens is 393 g/mol. The van der Waals surface area contributed by atoms with Gasteiger partial charge in [-0.25, -0.2) is 18.1 Å². The quantitative estimate of drug-likeness (QED) is 0.579. The lowest BCUT2D eigenvalue weighted by atomic mass is 10.1. The molecule has 0 saturated carbocycles. The Morgan fingerprint density at radius 2 is 1.82 bits per heavy atom. The van der Waals surface area contributed by atoms with Crippen molar-refractivity contribution in [1.29, 1.82) is 0 Å².